The fraction of sp³-hybridized carbons (Fsp3) is 0.261. The average molecular weight is 463 g/mol. The van der Waals surface area contributed by atoms with Crippen LogP contribution in [0.1, 0.15) is 24.2 Å². The second-order valence-electron chi connectivity index (χ2n) is 7.71. The highest BCUT2D eigenvalue weighted by Gasteiger charge is 2.18. The van der Waals surface area contributed by atoms with Crippen LogP contribution in [0.2, 0.25) is 0 Å². The number of pyridine rings is 2. The summed E-state index contributed by atoms with van der Waals surface area (Å²) in [6.07, 6.45) is 3.42. The van der Waals surface area contributed by atoms with Crippen molar-refractivity contribution in [2.45, 2.75) is 19.9 Å². The quantitative estimate of drug-likeness (QED) is 0.341. The van der Waals surface area contributed by atoms with E-state index < -0.39 is 0 Å². The molecule has 0 unspecified atom stereocenters. The van der Waals surface area contributed by atoms with Crippen molar-refractivity contribution in [3.63, 3.8) is 0 Å². The fourth-order valence-electron chi connectivity index (χ4n) is 3.71. The molecule has 168 valence electrons. The van der Waals surface area contributed by atoms with Crippen molar-refractivity contribution in [1.82, 2.24) is 28.9 Å². The molecule has 0 aliphatic heterocycles. The Kier molecular flexibility index (Phi) is 5.61. The monoisotopic (exact) mass is 462 g/mol. The summed E-state index contributed by atoms with van der Waals surface area (Å²) in [5, 5.41) is 10.2. The minimum Gasteiger partial charge on any atom is -0.490 e. The molecule has 4 aromatic heterocycles. The van der Waals surface area contributed by atoms with E-state index in [2.05, 4.69) is 19.7 Å². The Bertz CT molecular complexity index is 1510. The zero-order valence-electron chi connectivity index (χ0n) is 18.4. The van der Waals surface area contributed by atoms with Crippen molar-refractivity contribution in [2.24, 2.45) is 0 Å². The van der Waals surface area contributed by atoms with Crippen LogP contribution in [0.4, 0.5) is 0 Å². The second-order valence-corrected chi connectivity index (χ2v) is 8.49. The van der Waals surface area contributed by atoms with E-state index in [0.29, 0.717) is 30.0 Å². The Morgan fingerprint density at radius 2 is 2.00 bits per heavy atom. The van der Waals surface area contributed by atoms with Crippen molar-refractivity contribution >= 4 is 33.5 Å². The first-order chi connectivity index (χ1) is 16.0. The molecule has 0 N–H and O–H groups in total. The third-order valence-electron chi connectivity index (χ3n) is 5.46. The summed E-state index contributed by atoms with van der Waals surface area (Å²) in [6.45, 7) is 4.86. The number of nitrogens with zero attached hydrogens (tertiary/aromatic N) is 6. The van der Waals surface area contributed by atoms with Crippen molar-refractivity contribution in [1.29, 1.82) is 0 Å². The lowest BCUT2D eigenvalue weighted by atomic mass is 10.1. The molecule has 0 bridgehead atoms. The maximum atomic E-state index is 13.3. The van der Waals surface area contributed by atoms with Crippen LogP contribution in [0.25, 0.3) is 26.9 Å². The van der Waals surface area contributed by atoms with Crippen LogP contribution < -0.4 is 10.3 Å². The van der Waals surface area contributed by atoms with Gasteiger partial charge in [0.25, 0.3) is 5.56 Å². The van der Waals surface area contributed by atoms with Gasteiger partial charge >= 0.3 is 0 Å². The molecule has 0 spiro atoms. The average Bonchev–Trinajstić information content (AvgIpc) is 3.45. The van der Waals surface area contributed by atoms with Gasteiger partial charge in [-0.2, -0.15) is 4.37 Å². The highest BCUT2D eigenvalue weighted by atomic mass is 32.1. The Morgan fingerprint density at radius 3 is 2.79 bits per heavy atom. The molecule has 0 saturated heterocycles. The van der Waals surface area contributed by atoms with Crippen LogP contribution in [0.3, 0.4) is 0 Å². The molecule has 0 amide bonds. The topological polar surface area (TPSA) is 97.0 Å². The molecule has 4 heterocycles. The summed E-state index contributed by atoms with van der Waals surface area (Å²) in [6, 6.07) is 11.4. The third kappa shape index (κ3) is 3.98. The predicted molar refractivity (Wildman–Crippen MR) is 126 cm³/mol. The summed E-state index contributed by atoms with van der Waals surface area (Å²) in [5.41, 5.74) is 3.54. The van der Waals surface area contributed by atoms with Crippen LogP contribution >= 0.6 is 11.5 Å². The van der Waals surface area contributed by atoms with Crippen LogP contribution in [0.5, 0.6) is 5.75 Å². The van der Waals surface area contributed by atoms with Crippen molar-refractivity contribution < 1.29 is 9.47 Å². The molecule has 0 aliphatic rings. The van der Waals surface area contributed by atoms with Gasteiger partial charge in [0.2, 0.25) is 0 Å². The molecule has 9 nitrogen and oxygen atoms in total. The molecule has 1 aromatic carbocycles. The van der Waals surface area contributed by atoms with Gasteiger partial charge in [-0.25, -0.2) is 4.68 Å². The molecule has 33 heavy (non-hydrogen) atoms. The van der Waals surface area contributed by atoms with E-state index in [4.69, 9.17) is 9.47 Å². The van der Waals surface area contributed by atoms with Gasteiger partial charge in [-0.3, -0.25) is 14.3 Å². The van der Waals surface area contributed by atoms with Gasteiger partial charge in [-0.05, 0) is 61.3 Å². The summed E-state index contributed by atoms with van der Waals surface area (Å²) < 4.78 is 18.3. The van der Waals surface area contributed by atoms with E-state index in [0.717, 1.165) is 27.2 Å². The van der Waals surface area contributed by atoms with Gasteiger partial charge < -0.3 is 9.47 Å². The Morgan fingerprint density at radius 1 is 1.12 bits per heavy atom. The lowest BCUT2D eigenvalue weighted by Crippen LogP contribution is -2.21. The molecule has 0 aliphatic carbocycles. The number of hydrogen-bond donors (Lipinski definition) is 0. The maximum absolute atomic E-state index is 13.3. The standard InChI is InChI=1S/C23H22N6O3S/c1-14-10-21(33-26-14)28-7-6-20-22(23(28)30)29(27-25-20)15(2)16-4-5-19-17(11-16)12-18(13-24-19)32-9-8-31-3/h4-7,10-13,15H,8-9H2,1-3H3/t15-/m1/s1. The zero-order valence-corrected chi connectivity index (χ0v) is 19.2. The van der Waals surface area contributed by atoms with Gasteiger partial charge in [0.1, 0.15) is 22.9 Å². The second kappa shape index (κ2) is 8.72. The van der Waals surface area contributed by atoms with E-state index in [1.54, 1.807) is 34.8 Å². The summed E-state index contributed by atoms with van der Waals surface area (Å²) in [4.78, 5) is 17.8. The number of aromatic nitrogens is 6. The van der Waals surface area contributed by atoms with E-state index in [1.807, 2.05) is 44.2 Å². The lowest BCUT2D eigenvalue weighted by Gasteiger charge is -2.14. The lowest BCUT2D eigenvalue weighted by molar-refractivity contribution is 0.146. The Hall–Kier alpha value is -3.63. The Balaban J connectivity index is 1.54. The molecule has 0 radical (unpaired) electrons. The number of methoxy groups -OCH3 is 1. The van der Waals surface area contributed by atoms with Crippen molar-refractivity contribution in [3.05, 3.63) is 70.4 Å². The van der Waals surface area contributed by atoms with E-state index >= 15 is 0 Å². The molecular weight excluding hydrogens is 440 g/mol. The summed E-state index contributed by atoms with van der Waals surface area (Å²) in [5.74, 6) is 0.679. The highest BCUT2D eigenvalue weighted by Crippen LogP contribution is 2.26. The number of benzene rings is 1. The summed E-state index contributed by atoms with van der Waals surface area (Å²) >= 11 is 1.28. The van der Waals surface area contributed by atoms with Crippen LogP contribution in [0, 0.1) is 6.92 Å². The predicted octanol–water partition coefficient (Wildman–Crippen LogP) is 3.53. The molecule has 5 rings (SSSR count). The highest BCUT2D eigenvalue weighted by molar-refractivity contribution is 7.08. The number of aryl methyl sites for hydroxylation is 1. The van der Waals surface area contributed by atoms with E-state index in [-0.39, 0.29) is 11.6 Å². The molecule has 0 fully saturated rings. The van der Waals surface area contributed by atoms with Crippen molar-refractivity contribution in [3.8, 4) is 10.8 Å². The van der Waals surface area contributed by atoms with E-state index in [1.165, 1.54) is 11.5 Å². The van der Waals surface area contributed by atoms with Gasteiger partial charge in [0.05, 0.1) is 30.1 Å². The molecule has 10 heteroatoms. The number of rotatable bonds is 7. The van der Waals surface area contributed by atoms with E-state index in [9.17, 15) is 4.79 Å². The van der Waals surface area contributed by atoms with Crippen LogP contribution in [-0.2, 0) is 4.74 Å². The first kappa shape index (κ1) is 21.2. The maximum Gasteiger partial charge on any atom is 0.283 e. The minimum atomic E-state index is -0.218. The first-order valence-corrected chi connectivity index (χ1v) is 11.2. The SMILES string of the molecule is COCCOc1cnc2ccc([C@@H](C)n3nnc4ccn(-c5cc(C)ns5)c(=O)c43)cc2c1. The van der Waals surface area contributed by atoms with Gasteiger partial charge in [0, 0.05) is 18.7 Å². The largest absolute Gasteiger partial charge is 0.490 e. The van der Waals surface area contributed by atoms with Crippen molar-refractivity contribution in [2.75, 3.05) is 20.3 Å². The summed E-state index contributed by atoms with van der Waals surface area (Å²) in [7, 11) is 1.64. The molecule has 1 atom stereocenters. The van der Waals surface area contributed by atoms with Crippen LogP contribution in [0.15, 0.2) is 53.6 Å². The minimum absolute atomic E-state index is 0.177. The van der Waals surface area contributed by atoms with Gasteiger partial charge in [-0.1, -0.05) is 11.3 Å². The molecule has 0 saturated carbocycles. The molecule has 5 aromatic rings. The Labute approximate surface area is 193 Å². The van der Waals surface area contributed by atoms with Gasteiger partial charge in [0.15, 0.2) is 5.52 Å². The fourth-order valence-corrected chi connectivity index (χ4v) is 4.46. The smallest absolute Gasteiger partial charge is 0.283 e. The number of fused-ring (bicyclic) bond motifs is 2. The third-order valence-corrected chi connectivity index (χ3v) is 6.34. The number of hydrogen-bond acceptors (Lipinski definition) is 8. The normalized spacial score (nSPS) is 12.5. The first-order valence-electron chi connectivity index (χ1n) is 10.5. The van der Waals surface area contributed by atoms with Gasteiger partial charge in [-0.15, -0.1) is 5.10 Å². The molecular formula is C23H22N6O3S. The zero-order chi connectivity index (χ0) is 22.9. The number of ether oxygens (including phenoxy) is 2. The van der Waals surface area contributed by atoms with Crippen LogP contribution in [-0.4, -0.2) is 49.2 Å².